The lowest BCUT2D eigenvalue weighted by atomic mass is 10.1. The fraction of sp³-hybridized carbons (Fsp3) is 0. The minimum Gasteiger partial charge on any atom is -0.478 e. The molecule has 0 aliphatic heterocycles. The molecule has 0 amide bonds. The molecule has 0 saturated carbocycles. The number of carbonyl (C=O) groups excluding carboxylic acids is 1. The van der Waals surface area contributed by atoms with Crippen LogP contribution >= 0.6 is 11.3 Å². The highest BCUT2D eigenvalue weighted by Gasteiger charge is 2.12. The van der Waals surface area contributed by atoms with Crippen LogP contribution in [0.25, 0.3) is 10.4 Å². The number of hydrogen-bond donors (Lipinski definition) is 1. The fourth-order valence-corrected chi connectivity index (χ4v) is 2.19. The van der Waals surface area contributed by atoms with Gasteiger partial charge in [-0.05, 0) is 18.2 Å². The summed E-state index contributed by atoms with van der Waals surface area (Å²) in [5.74, 6) is -1.00. The van der Waals surface area contributed by atoms with E-state index in [0.717, 1.165) is 11.2 Å². The van der Waals surface area contributed by atoms with E-state index in [-0.39, 0.29) is 5.56 Å². The first-order valence-corrected chi connectivity index (χ1v) is 5.26. The van der Waals surface area contributed by atoms with E-state index in [0.29, 0.717) is 10.4 Å². The Balaban J connectivity index is 2.54. The van der Waals surface area contributed by atoms with E-state index in [1.807, 2.05) is 0 Å². The number of aromatic nitrogens is 1. The van der Waals surface area contributed by atoms with E-state index < -0.39 is 5.97 Å². The summed E-state index contributed by atoms with van der Waals surface area (Å²) >= 11 is 1.25. The average molecular weight is 233 g/mol. The van der Waals surface area contributed by atoms with Gasteiger partial charge in [-0.2, -0.15) is 0 Å². The van der Waals surface area contributed by atoms with Crippen LogP contribution in [-0.4, -0.2) is 22.3 Å². The van der Waals surface area contributed by atoms with Crippen molar-refractivity contribution in [1.82, 2.24) is 4.98 Å². The van der Waals surface area contributed by atoms with Crippen LogP contribution in [-0.2, 0) is 0 Å². The van der Waals surface area contributed by atoms with Gasteiger partial charge in [0, 0.05) is 22.8 Å². The van der Waals surface area contributed by atoms with Gasteiger partial charge in [-0.15, -0.1) is 11.3 Å². The molecule has 2 rings (SSSR count). The van der Waals surface area contributed by atoms with Crippen LogP contribution in [0.15, 0.2) is 30.6 Å². The molecule has 1 N–H and O–H groups in total. The van der Waals surface area contributed by atoms with Crippen molar-refractivity contribution in [2.45, 2.75) is 0 Å². The van der Waals surface area contributed by atoms with Gasteiger partial charge in [0.05, 0.1) is 10.4 Å². The quantitative estimate of drug-likeness (QED) is 0.826. The molecule has 2 aromatic rings. The van der Waals surface area contributed by atoms with E-state index in [2.05, 4.69) is 4.98 Å². The first kappa shape index (κ1) is 10.5. The van der Waals surface area contributed by atoms with Crippen molar-refractivity contribution in [1.29, 1.82) is 0 Å². The molecule has 0 aliphatic rings. The van der Waals surface area contributed by atoms with E-state index in [9.17, 15) is 9.59 Å². The third-order valence-electron chi connectivity index (χ3n) is 2.06. The Labute approximate surface area is 95.2 Å². The largest absolute Gasteiger partial charge is 0.478 e. The maximum absolute atomic E-state index is 11.0. The zero-order valence-electron chi connectivity index (χ0n) is 8.08. The van der Waals surface area contributed by atoms with Gasteiger partial charge in [-0.1, -0.05) is 0 Å². The minimum absolute atomic E-state index is 0.189. The van der Waals surface area contributed by atoms with Gasteiger partial charge in [0.1, 0.15) is 0 Å². The molecule has 2 heterocycles. The third-order valence-corrected chi connectivity index (χ3v) is 3.10. The summed E-state index contributed by atoms with van der Waals surface area (Å²) in [7, 11) is 0. The van der Waals surface area contributed by atoms with E-state index in [4.69, 9.17) is 5.11 Å². The molecule has 80 valence electrons. The van der Waals surface area contributed by atoms with Crippen LogP contribution in [0.5, 0.6) is 0 Å². The Hall–Kier alpha value is -2.01. The van der Waals surface area contributed by atoms with Gasteiger partial charge in [-0.3, -0.25) is 9.78 Å². The highest BCUT2D eigenvalue weighted by Crippen LogP contribution is 2.29. The summed E-state index contributed by atoms with van der Waals surface area (Å²) in [6, 6.07) is 4.82. The van der Waals surface area contributed by atoms with Crippen molar-refractivity contribution in [2.24, 2.45) is 0 Å². The standard InChI is InChI=1S/C11H7NO3S/c13-6-7-1-2-10(16-7)9-5-12-4-3-8(9)11(14)15/h1-6H,(H,14,15). The number of pyridine rings is 1. The van der Waals surface area contributed by atoms with Gasteiger partial charge in [0.2, 0.25) is 0 Å². The number of carboxylic acid groups (broad SMARTS) is 1. The van der Waals surface area contributed by atoms with Crippen molar-refractivity contribution in [3.05, 3.63) is 41.0 Å². The molecule has 0 radical (unpaired) electrons. The normalized spacial score (nSPS) is 10.0. The molecule has 0 atom stereocenters. The number of carbonyl (C=O) groups is 2. The molecule has 0 aromatic carbocycles. The second kappa shape index (κ2) is 4.24. The highest BCUT2D eigenvalue weighted by molar-refractivity contribution is 7.17. The summed E-state index contributed by atoms with van der Waals surface area (Å²) < 4.78 is 0. The summed E-state index contributed by atoms with van der Waals surface area (Å²) in [5.41, 5.74) is 0.724. The molecule has 0 spiro atoms. The first-order valence-electron chi connectivity index (χ1n) is 4.45. The van der Waals surface area contributed by atoms with Crippen LogP contribution in [0.4, 0.5) is 0 Å². The topological polar surface area (TPSA) is 67.3 Å². The van der Waals surface area contributed by atoms with Gasteiger partial charge in [0.15, 0.2) is 6.29 Å². The van der Waals surface area contributed by atoms with Gasteiger partial charge in [0.25, 0.3) is 0 Å². The Morgan fingerprint density at radius 1 is 1.38 bits per heavy atom. The molecular formula is C11H7NO3S. The Kier molecular flexibility index (Phi) is 2.78. The predicted molar refractivity (Wildman–Crippen MR) is 59.9 cm³/mol. The highest BCUT2D eigenvalue weighted by atomic mass is 32.1. The number of thiophene rings is 1. The molecule has 16 heavy (non-hydrogen) atoms. The van der Waals surface area contributed by atoms with E-state index >= 15 is 0 Å². The zero-order chi connectivity index (χ0) is 11.5. The van der Waals surface area contributed by atoms with Crippen molar-refractivity contribution in [2.75, 3.05) is 0 Å². The summed E-state index contributed by atoms with van der Waals surface area (Å²) in [6.45, 7) is 0. The molecule has 0 saturated heterocycles. The van der Waals surface area contributed by atoms with Crippen molar-refractivity contribution in [3.63, 3.8) is 0 Å². The maximum Gasteiger partial charge on any atom is 0.336 e. The van der Waals surface area contributed by atoms with E-state index in [1.54, 1.807) is 12.1 Å². The number of aromatic carboxylic acids is 1. The average Bonchev–Trinajstić information content (AvgIpc) is 2.77. The molecular weight excluding hydrogens is 226 g/mol. The van der Waals surface area contributed by atoms with Crippen LogP contribution in [0.1, 0.15) is 20.0 Å². The molecule has 0 fully saturated rings. The number of aldehydes is 1. The lowest BCUT2D eigenvalue weighted by molar-refractivity contribution is 0.0697. The summed E-state index contributed by atoms with van der Waals surface area (Å²) in [5, 5.41) is 9.00. The minimum atomic E-state index is -1.00. The SMILES string of the molecule is O=Cc1ccc(-c2cnccc2C(=O)O)s1. The van der Waals surface area contributed by atoms with Gasteiger partial charge in [-0.25, -0.2) is 4.79 Å². The van der Waals surface area contributed by atoms with Gasteiger partial charge < -0.3 is 5.11 Å². The lowest BCUT2D eigenvalue weighted by Crippen LogP contribution is -1.98. The zero-order valence-corrected chi connectivity index (χ0v) is 8.90. The van der Waals surface area contributed by atoms with Crippen LogP contribution < -0.4 is 0 Å². The van der Waals surface area contributed by atoms with Gasteiger partial charge >= 0.3 is 5.97 Å². The second-order valence-corrected chi connectivity index (χ2v) is 4.16. The van der Waals surface area contributed by atoms with Crippen LogP contribution in [0.3, 0.4) is 0 Å². The second-order valence-electron chi connectivity index (χ2n) is 3.05. The molecule has 0 aliphatic carbocycles. The molecule has 2 aromatic heterocycles. The summed E-state index contributed by atoms with van der Waals surface area (Å²) in [6.07, 6.45) is 3.66. The monoisotopic (exact) mass is 233 g/mol. The predicted octanol–water partition coefficient (Wildman–Crippen LogP) is 2.32. The number of hydrogen-bond acceptors (Lipinski definition) is 4. The number of carboxylic acids is 1. The summed E-state index contributed by atoms with van der Waals surface area (Å²) in [4.78, 5) is 26.7. The number of rotatable bonds is 3. The molecule has 5 heteroatoms. The number of nitrogens with zero attached hydrogens (tertiary/aromatic N) is 1. The van der Waals surface area contributed by atoms with Crippen LogP contribution in [0.2, 0.25) is 0 Å². The molecule has 0 unspecified atom stereocenters. The fourth-order valence-electron chi connectivity index (χ4n) is 1.34. The van der Waals surface area contributed by atoms with Crippen molar-refractivity contribution < 1.29 is 14.7 Å². The van der Waals surface area contributed by atoms with E-state index in [1.165, 1.54) is 29.8 Å². The smallest absolute Gasteiger partial charge is 0.336 e. The van der Waals surface area contributed by atoms with Crippen molar-refractivity contribution >= 4 is 23.6 Å². The Morgan fingerprint density at radius 3 is 2.81 bits per heavy atom. The Bertz CT molecular complexity index is 548. The molecule has 4 nitrogen and oxygen atoms in total. The molecule has 0 bridgehead atoms. The van der Waals surface area contributed by atoms with Crippen molar-refractivity contribution in [3.8, 4) is 10.4 Å². The van der Waals surface area contributed by atoms with Crippen LogP contribution in [0, 0.1) is 0 Å². The maximum atomic E-state index is 11.0. The third kappa shape index (κ3) is 1.85. The Morgan fingerprint density at radius 2 is 2.19 bits per heavy atom. The first-order chi connectivity index (χ1) is 7.72. The lowest BCUT2D eigenvalue weighted by Gasteiger charge is -2.01.